The van der Waals surface area contributed by atoms with Crippen molar-refractivity contribution in [2.75, 3.05) is 26.2 Å². The van der Waals surface area contributed by atoms with Crippen LogP contribution in [0.3, 0.4) is 0 Å². The Balaban J connectivity index is 1.15. The number of ether oxygens (including phenoxy) is 1. The van der Waals surface area contributed by atoms with Gasteiger partial charge in [0.2, 0.25) is 5.91 Å². The molecule has 2 amide bonds. The Morgan fingerprint density at radius 3 is 2.56 bits per heavy atom. The van der Waals surface area contributed by atoms with E-state index in [4.69, 9.17) is 4.74 Å². The standard InChI is InChI=1S/C27H32N4O3/c1-20-9-10-25-28-23(18-31(25)17-20)19-34-24-8-4-7-22(16-24)27(33)30-13-11-29(12-14-30)26(32)15-21-5-2-3-6-21/h4,7-10,16-18,21H,2-3,5-6,11-15,19H2,1H3. The molecular formula is C27H32N4O3. The molecule has 1 saturated heterocycles. The van der Waals surface area contributed by atoms with Crippen LogP contribution in [0.4, 0.5) is 0 Å². The predicted octanol–water partition coefficient (Wildman–Crippen LogP) is 4.09. The molecular weight excluding hydrogens is 428 g/mol. The summed E-state index contributed by atoms with van der Waals surface area (Å²) in [7, 11) is 0. The number of hydrogen-bond donors (Lipinski definition) is 0. The van der Waals surface area contributed by atoms with Crippen LogP contribution >= 0.6 is 0 Å². The van der Waals surface area contributed by atoms with E-state index in [-0.39, 0.29) is 11.8 Å². The SMILES string of the molecule is Cc1ccc2nc(COc3cccc(C(=O)N4CCN(C(=O)CC5CCCC5)CC4)c3)cn2c1. The summed E-state index contributed by atoms with van der Waals surface area (Å²) in [5.74, 6) is 1.43. The summed E-state index contributed by atoms with van der Waals surface area (Å²) < 4.78 is 7.93. The zero-order valence-corrected chi connectivity index (χ0v) is 19.8. The average molecular weight is 461 g/mol. The summed E-state index contributed by atoms with van der Waals surface area (Å²) in [5, 5.41) is 0. The number of pyridine rings is 1. The van der Waals surface area contributed by atoms with Crippen LogP contribution in [0.2, 0.25) is 0 Å². The second kappa shape index (κ2) is 9.87. The summed E-state index contributed by atoms with van der Waals surface area (Å²) in [4.78, 5) is 34.0. The van der Waals surface area contributed by atoms with Crippen molar-refractivity contribution in [1.29, 1.82) is 0 Å². The number of fused-ring (bicyclic) bond motifs is 1. The lowest BCUT2D eigenvalue weighted by atomic mass is 10.0. The lowest BCUT2D eigenvalue weighted by Crippen LogP contribution is -2.50. The highest BCUT2D eigenvalue weighted by atomic mass is 16.5. The third-order valence-corrected chi connectivity index (χ3v) is 6.97. The Hall–Kier alpha value is -3.35. The van der Waals surface area contributed by atoms with E-state index in [9.17, 15) is 9.59 Å². The molecule has 1 aliphatic heterocycles. The molecule has 2 aromatic heterocycles. The molecule has 7 nitrogen and oxygen atoms in total. The quantitative estimate of drug-likeness (QED) is 0.556. The van der Waals surface area contributed by atoms with E-state index < -0.39 is 0 Å². The minimum atomic E-state index is -0.0171. The molecule has 3 aromatic rings. The normalized spacial score (nSPS) is 16.9. The first kappa shape index (κ1) is 22.4. The van der Waals surface area contributed by atoms with Gasteiger partial charge in [-0.2, -0.15) is 0 Å². The van der Waals surface area contributed by atoms with Gasteiger partial charge in [0.15, 0.2) is 0 Å². The number of imidazole rings is 1. The number of benzene rings is 1. The second-order valence-electron chi connectivity index (χ2n) is 9.55. The Bertz CT molecular complexity index is 1170. The molecule has 1 aromatic carbocycles. The Morgan fingerprint density at radius 2 is 1.76 bits per heavy atom. The lowest BCUT2D eigenvalue weighted by molar-refractivity contribution is -0.133. The van der Waals surface area contributed by atoms with Gasteiger partial charge in [-0.15, -0.1) is 0 Å². The molecule has 5 rings (SSSR count). The van der Waals surface area contributed by atoms with Crippen molar-refractivity contribution in [2.24, 2.45) is 5.92 Å². The maximum Gasteiger partial charge on any atom is 0.254 e. The molecule has 0 radical (unpaired) electrons. The maximum absolute atomic E-state index is 13.1. The zero-order valence-electron chi connectivity index (χ0n) is 19.8. The van der Waals surface area contributed by atoms with Crippen LogP contribution < -0.4 is 4.74 Å². The molecule has 3 heterocycles. The van der Waals surface area contributed by atoms with Crippen LogP contribution in [0.25, 0.3) is 5.65 Å². The van der Waals surface area contributed by atoms with E-state index in [0.717, 1.165) is 11.3 Å². The van der Waals surface area contributed by atoms with Crippen LogP contribution in [0.5, 0.6) is 5.75 Å². The van der Waals surface area contributed by atoms with Crippen LogP contribution in [-0.4, -0.2) is 57.2 Å². The summed E-state index contributed by atoms with van der Waals surface area (Å²) in [5.41, 5.74) is 3.49. The van der Waals surface area contributed by atoms with Gasteiger partial charge in [-0.25, -0.2) is 4.98 Å². The van der Waals surface area contributed by atoms with Crippen molar-refractivity contribution in [3.05, 3.63) is 65.6 Å². The molecule has 1 aliphatic carbocycles. The van der Waals surface area contributed by atoms with E-state index in [1.165, 1.54) is 31.2 Å². The molecule has 0 bridgehead atoms. The largest absolute Gasteiger partial charge is 0.487 e. The molecule has 7 heteroatoms. The first-order valence-electron chi connectivity index (χ1n) is 12.3. The van der Waals surface area contributed by atoms with E-state index in [1.54, 1.807) is 6.07 Å². The van der Waals surface area contributed by atoms with Gasteiger partial charge < -0.3 is 18.9 Å². The van der Waals surface area contributed by atoms with Crippen LogP contribution in [0.1, 0.15) is 53.7 Å². The molecule has 0 N–H and O–H groups in total. The first-order valence-corrected chi connectivity index (χ1v) is 12.3. The third-order valence-electron chi connectivity index (χ3n) is 6.97. The summed E-state index contributed by atoms with van der Waals surface area (Å²) in [6.07, 6.45) is 9.53. The number of aryl methyl sites for hydroxylation is 1. The van der Waals surface area contributed by atoms with Crippen LogP contribution in [0.15, 0.2) is 48.8 Å². The van der Waals surface area contributed by atoms with Crippen molar-refractivity contribution in [1.82, 2.24) is 19.2 Å². The number of rotatable bonds is 6. The highest BCUT2D eigenvalue weighted by Gasteiger charge is 2.27. The number of amides is 2. The molecule has 34 heavy (non-hydrogen) atoms. The van der Waals surface area contributed by atoms with E-state index in [2.05, 4.69) is 4.98 Å². The fourth-order valence-corrected chi connectivity index (χ4v) is 5.03. The average Bonchev–Trinajstić information content (AvgIpc) is 3.52. The minimum Gasteiger partial charge on any atom is -0.487 e. The Morgan fingerprint density at radius 1 is 1.00 bits per heavy atom. The fourth-order valence-electron chi connectivity index (χ4n) is 5.03. The van der Waals surface area contributed by atoms with Gasteiger partial charge in [0.05, 0.1) is 5.69 Å². The lowest BCUT2D eigenvalue weighted by Gasteiger charge is -2.35. The molecule has 2 fully saturated rings. The summed E-state index contributed by atoms with van der Waals surface area (Å²) >= 11 is 0. The van der Waals surface area contributed by atoms with Gasteiger partial charge in [0.25, 0.3) is 5.91 Å². The van der Waals surface area contributed by atoms with Gasteiger partial charge in [-0.1, -0.05) is 25.0 Å². The molecule has 178 valence electrons. The number of carbonyl (C=O) groups is 2. The molecule has 1 saturated carbocycles. The number of hydrogen-bond acceptors (Lipinski definition) is 4. The first-order chi connectivity index (χ1) is 16.5. The van der Waals surface area contributed by atoms with Crippen molar-refractivity contribution in [2.45, 2.75) is 45.6 Å². The number of nitrogens with zero attached hydrogens (tertiary/aromatic N) is 4. The molecule has 0 unspecified atom stereocenters. The maximum atomic E-state index is 13.1. The number of piperazine rings is 1. The van der Waals surface area contributed by atoms with Crippen molar-refractivity contribution in [3.8, 4) is 5.75 Å². The van der Waals surface area contributed by atoms with E-state index >= 15 is 0 Å². The molecule has 2 aliphatic rings. The predicted molar refractivity (Wildman–Crippen MR) is 130 cm³/mol. The molecule has 0 spiro atoms. The second-order valence-corrected chi connectivity index (χ2v) is 9.55. The van der Waals surface area contributed by atoms with Gasteiger partial charge in [-0.05, 0) is 55.5 Å². The highest BCUT2D eigenvalue weighted by Crippen LogP contribution is 2.28. The topological polar surface area (TPSA) is 67.2 Å². The van der Waals surface area contributed by atoms with Gasteiger partial charge in [0.1, 0.15) is 18.0 Å². The van der Waals surface area contributed by atoms with Gasteiger partial charge in [0, 0.05) is 50.6 Å². The van der Waals surface area contributed by atoms with Crippen molar-refractivity contribution < 1.29 is 14.3 Å². The van der Waals surface area contributed by atoms with Gasteiger partial charge in [-0.3, -0.25) is 9.59 Å². The van der Waals surface area contributed by atoms with E-state index in [1.807, 2.05) is 63.8 Å². The fraction of sp³-hybridized carbons (Fsp3) is 0.444. The van der Waals surface area contributed by atoms with E-state index in [0.29, 0.717) is 56.4 Å². The highest BCUT2D eigenvalue weighted by molar-refractivity contribution is 5.94. The zero-order chi connectivity index (χ0) is 23.5. The van der Waals surface area contributed by atoms with Crippen LogP contribution in [0, 0.1) is 12.8 Å². The Kier molecular flexibility index (Phi) is 6.52. The number of aromatic nitrogens is 2. The summed E-state index contributed by atoms with van der Waals surface area (Å²) in [6, 6.07) is 11.3. The Labute approximate surface area is 200 Å². The molecule has 0 atom stereocenters. The monoisotopic (exact) mass is 460 g/mol. The van der Waals surface area contributed by atoms with Crippen LogP contribution in [-0.2, 0) is 11.4 Å². The van der Waals surface area contributed by atoms with Crippen molar-refractivity contribution in [3.63, 3.8) is 0 Å². The third kappa shape index (κ3) is 5.08. The number of carbonyl (C=O) groups excluding carboxylic acids is 2. The van der Waals surface area contributed by atoms with Crippen molar-refractivity contribution >= 4 is 17.5 Å². The smallest absolute Gasteiger partial charge is 0.254 e. The van der Waals surface area contributed by atoms with Gasteiger partial charge >= 0.3 is 0 Å². The minimum absolute atomic E-state index is 0.0171. The summed E-state index contributed by atoms with van der Waals surface area (Å²) in [6.45, 7) is 4.75.